The molecule has 1 aromatic heterocycles. The van der Waals surface area contributed by atoms with Crippen LogP contribution in [0.5, 0.6) is 5.75 Å². The van der Waals surface area contributed by atoms with E-state index >= 15 is 0 Å². The fourth-order valence-electron chi connectivity index (χ4n) is 3.27. The van der Waals surface area contributed by atoms with Crippen LogP contribution in [-0.2, 0) is 4.79 Å². The fraction of sp³-hybridized carbons (Fsp3) is 0.273. The highest BCUT2D eigenvalue weighted by molar-refractivity contribution is 6.07. The molecule has 1 saturated carbocycles. The van der Waals surface area contributed by atoms with Crippen LogP contribution in [0, 0.1) is 17.1 Å². The molecule has 8 heteroatoms. The number of aromatic hydroxyl groups is 1. The summed E-state index contributed by atoms with van der Waals surface area (Å²) in [5.74, 6) is -0.0549. The van der Waals surface area contributed by atoms with E-state index in [0.717, 1.165) is 12.8 Å². The number of nitrogens with one attached hydrogen (secondary N) is 2. The van der Waals surface area contributed by atoms with E-state index in [2.05, 4.69) is 15.3 Å². The molecule has 0 radical (unpaired) electrons. The minimum absolute atomic E-state index is 0. The zero-order valence-electron chi connectivity index (χ0n) is 16.4. The number of phenolic OH excluding ortho intramolecular Hbond substituents is 1. The molecule has 1 aliphatic rings. The van der Waals surface area contributed by atoms with E-state index in [9.17, 15) is 14.3 Å². The van der Waals surface area contributed by atoms with Crippen molar-refractivity contribution in [1.82, 2.24) is 15.3 Å². The van der Waals surface area contributed by atoms with Gasteiger partial charge in [0.2, 0.25) is 5.91 Å². The predicted molar refractivity (Wildman–Crippen MR) is 116 cm³/mol. The highest BCUT2D eigenvalue weighted by Gasteiger charge is 2.30. The molecule has 0 saturated heterocycles. The molecular weight excluding hydrogens is 407 g/mol. The molecule has 3 aromatic rings. The summed E-state index contributed by atoms with van der Waals surface area (Å²) < 4.78 is 13.9. The Morgan fingerprint density at radius 2 is 2.00 bits per heavy atom. The van der Waals surface area contributed by atoms with Gasteiger partial charge < -0.3 is 15.8 Å². The smallest absolute Gasteiger partial charge is 0.223 e. The molecule has 3 N–H and O–H groups in total. The molecule has 1 atom stereocenters. The van der Waals surface area contributed by atoms with Gasteiger partial charge in [0.15, 0.2) is 5.82 Å². The lowest BCUT2D eigenvalue weighted by molar-refractivity contribution is -0.122. The molecule has 1 amide bonds. The summed E-state index contributed by atoms with van der Waals surface area (Å²) >= 11 is 0. The zero-order chi connectivity index (χ0) is 20.5. The van der Waals surface area contributed by atoms with E-state index in [1.165, 1.54) is 24.3 Å². The average molecular weight is 429 g/mol. The third kappa shape index (κ3) is 4.57. The molecule has 1 fully saturated rings. The number of nitrogens with zero attached hydrogens (tertiary/aromatic N) is 2. The van der Waals surface area contributed by atoms with Gasteiger partial charge >= 0.3 is 0 Å². The first-order chi connectivity index (χ1) is 13.9. The van der Waals surface area contributed by atoms with Crippen molar-refractivity contribution >= 4 is 34.9 Å². The van der Waals surface area contributed by atoms with Crippen molar-refractivity contribution in [2.45, 2.75) is 32.2 Å². The second kappa shape index (κ2) is 8.75. The van der Waals surface area contributed by atoms with E-state index < -0.39 is 5.82 Å². The quantitative estimate of drug-likeness (QED) is 0.511. The van der Waals surface area contributed by atoms with Crippen LogP contribution in [-0.4, -0.2) is 32.7 Å². The topological polar surface area (TPSA) is 99.0 Å². The summed E-state index contributed by atoms with van der Waals surface area (Å²) in [7, 11) is 0. The molecule has 0 aliphatic heterocycles. The van der Waals surface area contributed by atoms with Crippen molar-refractivity contribution < 1.29 is 14.3 Å². The Bertz CT molecular complexity index is 1120. The van der Waals surface area contributed by atoms with Gasteiger partial charge in [0, 0.05) is 23.8 Å². The summed E-state index contributed by atoms with van der Waals surface area (Å²) in [5, 5.41) is 22.1. The number of halogens is 2. The van der Waals surface area contributed by atoms with Crippen LogP contribution < -0.4 is 5.32 Å². The second-order valence-corrected chi connectivity index (χ2v) is 7.44. The first-order valence-electron chi connectivity index (χ1n) is 9.56. The molecule has 1 heterocycles. The maximum absolute atomic E-state index is 13.9. The molecule has 6 nitrogen and oxygen atoms in total. The Labute approximate surface area is 179 Å². The maximum atomic E-state index is 13.9. The highest BCUT2D eigenvalue weighted by Crippen LogP contribution is 2.30. The standard InChI is InChI=1S/C22H21FN4O2.ClH/c1-12(25-22(29)13-6-7-13)10-17(24)20-16-11-14(23)8-9-18(16)26-21(27-20)15-4-2-3-5-19(15)28;/h2-5,8-9,11-13,24,28H,6-7,10H2,1H3,(H,25,29);1H/t12-;/m1./s1. The van der Waals surface area contributed by atoms with Crippen LogP contribution in [0.2, 0.25) is 0 Å². The van der Waals surface area contributed by atoms with E-state index in [-0.39, 0.29) is 54.0 Å². The largest absolute Gasteiger partial charge is 0.507 e. The number of hydrogen-bond acceptors (Lipinski definition) is 5. The van der Waals surface area contributed by atoms with E-state index in [1.54, 1.807) is 18.2 Å². The second-order valence-electron chi connectivity index (χ2n) is 7.44. The van der Waals surface area contributed by atoms with Gasteiger partial charge in [-0.15, -0.1) is 12.4 Å². The van der Waals surface area contributed by atoms with Crippen molar-refractivity contribution in [3.05, 3.63) is 54.0 Å². The van der Waals surface area contributed by atoms with Gasteiger partial charge in [-0.3, -0.25) is 4.79 Å². The van der Waals surface area contributed by atoms with Crippen molar-refractivity contribution in [3.8, 4) is 17.1 Å². The van der Waals surface area contributed by atoms with Crippen LogP contribution in [0.4, 0.5) is 4.39 Å². The fourth-order valence-corrected chi connectivity index (χ4v) is 3.27. The third-order valence-electron chi connectivity index (χ3n) is 4.94. The van der Waals surface area contributed by atoms with Crippen LogP contribution >= 0.6 is 12.4 Å². The summed E-state index contributed by atoms with van der Waals surface area (Å²) in [6, 6.07) is 10.6. The number of benzene rings is 2. The summed E-state index contributed by atoms with van der Waals surface area (Å²) in [4.78, 5) is 20.9. The number of phenols is 1. The Balaban J connectivity index is 0.00000256. The number of hydrogen-bond donors (Lipinski definition) is 3. The molecule has 0 spiro atoms. The Morgan fingerprint density at radius 3 is 2.70 bits per heavy atom. The SMILES string of the molecule is C[C@H](CC(=N)c1nc(-c2ccccc2O)nc2ccc(F)cc12)NC(=O)C1CC1.Cl. The lowest BCUT2D eigenvalue weighted by Gasteiger charge is -2.16. The number of carbonyl (C=O) groups excluding carboxylic acids is 1. The summed E-state index contributed by atoms with van der Waals surface area (Å²) in [6.45, 7) is 1.84. The minimum atomic E-state index is -0.444. The van der Waals surface area contributed by atoms with Gasteiger partial charge in [-0.2, -0.15) is 0 Å². The van der Waals surface area contributed by atoms with Gasteiger partial charge in [-0.05, 0) is 50.1 Å². The minimum Gasteiger partial charge on any atom is -0.507 e. The van der Waals surface area contributed by atoms with E-state index in [4.69, 9.17) is 5.41 Å². The Morgan fingerprint density at radius 1 is 1.27 bits per heavy atom. The van der Waals surface area contributed by atoms with Crippen molar-refractivity contribution in [3.63, 3.8) is 0 Å². The molecule has 1 aliphatic carbocycles. The highest BCUT2D eigenvalue weighted by atomic mass is 35.5. The summed E-state index contributed by atoms with van der Waals surface area (Å²) in [6.07, 6.45) is 2.08. The van der Waals surface area contributed by atoms with Crippen LogP contribution in [0.1, 0.15) is 31.9 Å². The normalized spacial score (nSPS) is 14.1. The van der Waals surface area contributed by atoms with Gasteiger partial charge in [-0.25, -0.2) is 14.4 Å². The molecule has 156 valence electrons. The van der Waals surface area contributed by atoms with Gasteiger partial charge in [0.1, 0.15) is 11.6 Å². The zero-order valence-corrected chi connectivity index (χ0v) is 17.2. The lowest BCUT2D eigenvalue weighted by atomic mass is 10.0. The number of rotatable bonds is 6. The lowest BCUT2D eigenvalue weighted by Crippen LogP contribution is -2.35. The van der Waals surface area contributed by atoms with E-state index in [1.807, 2.05) is 6.92 Å². The van der Waals surface area contributed by atoms with Crippen molar-refractivity contribution in [2.24, 2.45) is 5.92 Å². The predicted octanol–water partition coefficient (Wildman–Crippen LogP) is 4.24. The average Bonchev–Trinajstić information content (AvgIpc) is 3.53. The third-order valence-corrected chi connectivity index (χ3v) is 4.94. The molecular formula is C22H22ClFN4O2. The van der Waals surface area contributed by atoms with Gasteiger partial charge in [0.05, 0.1) is 22.5 Å². The van der Waals surface area contributed by atoms with Crippen LogP contribution in [0.25, 0.3) is 22.3 Å². The van der Waals surface area contributed by atoms with Gasteiger partial charge in [-0.1, -0.05) is 12.1 Å². The molecule has 30 heavy (non-hydrogen) atoms. The number of carbonyl (C=O) groups is 1. The number of para-hydroxylation sites is 1. The monoisotopic (exact) mass is 428 g/mol. The molecule has 4 rings (SSSR count). The van der Waals surface area contributed by atoms with Gasteiger partial charge in [0.25, 0.3) is 0 Å². The number of amides is 1. The molecule has 2 aromatic carbocycles. The van der Waals surface area contributed by atoms with Crippen LogP contribution in [0.3, 0.4) is 0 Å². The van der Waals surface area contributed by atoms with Crippen molar-refractivity contribution in [2.75, 3.05) is 0 Å². The van der Waals surface area contributed by atoms with E-state index in [0.29, 0.717) is 22.2 Å². The van der Waals surface area contributed by atoms with Crippen molar-refractivity contribution in [1.29, 1.82) is 5.41 Å². The maximum Gasteiger partial charge on any atom is 0.223 e. The van der Waals surface area contributed by atoms with Crippen LogP contribution in [0.15, 0.2) is 42.5 Å². The first kappa shape index (κ1) is 21.6. The number of fused-ring (bicyclic) bond motifs is 1. The Kier molecular flexibility index (Phi) is 6.31. The summed E-state index contributed by atoms with van der Waals surface area (Å²) in [5.41, 5.74) is 1.38. The number of aromatic nitrogens is 2. The Hall–Kier alpha value is -3.06. The molecule has 0 bridgehead atoms. The molecule has 0 unspecified atom stereocenters. The first-order valence-corrected chi connectivity index (χ1v) is 9.56.